The average Bonchev–Trinajstić information content (AvgIpc) is 3.47. The molecule has 2 unspecified atom stereocenters. The highest BCUT2D eigenvalue weighted by Gasteiger charge is 2.79. The topological polar surface area (TPSA) is 232 Å². The van der Waals surface area contributed by atoms with Gasteiger partial charge in [-0.25, -0.2) is 4.79 Å². The Kier molecular flexibility index (Phi) is 11.0. The number of nitrogens with zero attached hydrogens (tertiary/aromatic N) is 2. The number of hydrogen-bond donors (Lipinski definition) is 5. The van der Waals surface area contributed by atoms with Gasteiger partial charge < -0.3 is 35.2 Å². The van der Waals surface area contributed by atoms with E-state index in [1.807, 2.05) is 0 Å². The summed E-state index contributed by atoms with van der Waals surface area (Å²) in [6.07, 6.45) is -6.91. The first-order chi connectivity index (χ1) is 26.7. The highest BCUT2D eigenvalue weighted by Crippen LogP contribution is 2.52. The Hall–Kier alpha value is -6.49. The quantitative estimate of drug-likeness (QED) is 0.0807. The van der Waals surface area contributed by atoms with Crippen molar-refractivity contribution in [1.29, 1.82) is 0 Å². The molecule has 5 aromatic rings. The van der Waals surface area contributed by atoms with Gasteiger partial charge in [0.05, 0.1) is 0 Å². The smallest absolute Gasteiger partial charge is 0.351 e. The molecule has 0 spiro atoms. The summed E-state index contributed by atoms with van der Waals surface area (Å²) in [5, 5.41) is 52.4. The fourth-order valence-electron chi connectivity index (χ4n) is 6.62. The van der Waals surface area contributed by atoms with Gasteiger partial charge in [-0.05, 0) is 23.8 Å². The third-order valence-corrected chi connectivity index (χ3v) is 9.39. The lowest BCUT2D eigenvalue weighted by molar-refractivity contribution is -0.175. The molecule has 1 amide bonds. The number of nitrogens with one attached hydrogen (secondary N) is 1. The van der Waals surface area contributed by atoms with E-state index in [0.717, 1.165) is 19.2 Å². The normalized spacial score (nSPS) is 21.9. The summed E-state index contributed by atoms with van der Waals surface area (Å²) in [4.78, 5) is 87.8. The van der Waals surface area contributed by atoms with Crippen molar-refractivity contribution in [3.63, 3.8) is 0 Å². The molecule has 1 fully saturated rings. The van der Waals surface area contributed by atoms with E-state index < -0.39 is 82.1 Å². The summed E-state index contributed by atoms with van der Waals surface area (Å²) in [6, 6.07) is 29.2. The molecule has 0 radical (unpaired) electrons. The van der Waals surface area contributed by atoms with Crippen molar-refractivity contribution in [1.82, 2.24) is 9.55 Å². The molecule has 1 aromatic heterocycles. The van der Waals surface area contributed by atoms with E-state index in [1.54, 1.807) is 24.3 Å². The van der Waals surface area contributed by atoms with Crippen molar-refractivity contribution in [3.8, 4) is 5.75 Å². The van der Waals surface area contributed by atoms with Gasteiger partial charge in [-0.3, -0.25) is 28.5 Å². The molecule has 15 heteroatoms. The number of aliphatic hydroxyl groups is 4. The molecule has 5 N–H and O–H groups in total. The predicted octanol–water partition coefficient (Wildman–Crippen LogP) is 2.01. The second-order valence-electron chi connectivity index (χ2n) is 12.9. The van der Waals surface area contributed by atoms with Crippen molar-refractivity contribution in [2.75, 3.05) is 11.9 Å². The number of rotatable bonds is 14. The molecular weight excluding hydrogens is 726 g/mol. The summed E-state index contributed by atoms with van der Waals surface area (Å²) in [5.74, 6) is -7.05. The van der Waals surface area contributed by atoms with Crippen LogP contribution in [0, 0.1) is 0 Å². The van der Waals surface area contributed by atoms with Crippen LogP contribution in [0.4, 0.5) is 5.82 Å². The largest absolute Gasteiger partial charge is 0.486 e. The summed E-state index contributed by atoms with van der Waals surface area (Å²) < 4.78 is 12.1. The minimum Gasteiger partial charge on any atom is -0.486 e. The molecule has 1 aliphatic rings. The molecule has 2 heterocycles. The lowest BCUT2D eigenvalue weighted by atomic mass is 9.65. The average molecular weight is 762 g/mol. The number of benzene rings is 4. The van der Waals surface area contributed by atoms with Gasteiger partial charge in [0.25, 0.3) is 0 Å². The maximum atomic E-state index is 14.8. The minimum atomic E-state index is -3.84. The Labute approximate surface area is 318 Å². The maximum Gasteiger partial charge on any atom is 0.351 e. The number of carbonyl (C=O) groups is 5. The van der Waals surface area contributed by atoms with Gasteiger partial charge in [0.2, 0.25) is 40.2 Å². The predicted molar refractivity (Wildman–Crippen MR) is 196 cm³/mol. The zero-order chi connectivity index (χ0) is 40.3. The SMILES string of the molecule is CC(=O)Nc1ccn(C2O[C@H]([C@@](O)(C(=O)c3ccccc3)C(=O)C(O)c3ccccc3)[C@](O)(C(=O)c3ccccc3)[C@]2(O)C(=O)COc2ccccc2)c(=O)n1. The van der Waals surface area contributed by atoms with E-state index in [-0.39, 0.29) is 22.7 Å². The Bertz CT molecular complexity index is 2320. The molecule has 4 aromatic carbocycles. The van der Waals surface area contributed by atoms with Gasteiger partial charge in [-0.15, -0.1) is 0 Å². The molecule has 0 saturated carbocycles. The second kappa shape index (κ2) is 15.7. The standard InChI is InChI=1S/C41H35N3O12/c1-25(45)42-31-22-23-44(38(51)43-31)37-40(53,30(46)24-55-29-20-12-5-13-21-29)41(54,34(49)28-18-10-4-11-19-28)36(56-37)39(52,33(48)27-16-8-3-9-17-27)35(50)32(47)26-14-6-2-7-15-26/h2-23,32,36-37,47,52-54H,24H2,1H3,(H,42,43,45,51)/t32?,36-,37?,39-,40+,41-/m1/s1. The van der Waals surface area contributed by atoms with Crippen LogP contribution in [0.25, 0.3) is 0 Å². The van der Waals surface area contributed by atoms with Crippen LogP contribution in [0.15, 0.2) is 138 Å². The molecule has 0 aliphatic carbocycles. The number of ketones is 4. The van der Waals surface area contributed by atoms with E-state index in [2.05, 4.69) is 10.3 Å². The zero-order valence-corrected chi connectivity index (χ0v) is 29.6. The third-order valence-electron chi connectivity index (χ3n) is 9.39. The monoisotopic (exact) mass is 761 g/mol. The van der Waals surface area contributed by atoms with Crippen LogP contribution in [0.1, 0.15) is 45.5 Å². The molecule has 15 nitrogen and oxygen atoms in total. The van der Waals surface area contributed by atoms with Crippen molar-refractivity contribution in [2.24, 2.45) is 0 Å². The van der Waals surface area contributed by atoms with Crippen LogP contribution in [0.3, 0.4) is 0 Å². The highest BCUT2D eigenvalue weighted by atomic mass is 16.6. The number of aliphatic hydroxyl groups excluding tert-OH is 1. The van der Waals surface area contributed by atoms with Crippen molar-refractivity contribution >= 4 is 34.9 Å². The molecule has 56 heavy (non-hydrogen) atoms. The number of ether oxygens (including phenoxy) is 2. The Morgan fingerprint density at radius 2 is 1.36 bits per heavy atom. The van der Waals surface area contributed by atoms with E-state index in [0.29, 0.717) is 4.57 Å². The summed E-state index contributed by atoms with van der Waals surface area (Å²) in [5.41, 5.74) is -13.5. The van der Waals surface area contributed by atoms with Crippen molar-refractivity contribution in [2.45, 2.75) is 42.2 Å². The fraction of sp³-hybridized carbons (Fsp3) is 0.195. The van der Waals surface area contributed by atoms with Crippen LogP contribution in [-0.2, 0) is 19.1 Å². The highest BCUT2D eigenvalue weighted by molar-refractivity contribution is 6.21. The summed E-state index contributed by atoms with van der Waals surface area (Å²) in [6.45, 7) is 0.0398. The van der Waals surface area contributed by atoms with Crippen LogP contribution >= 0.6 is 0 Å². The second-order valence-corrected chi connectivity index (χ2v) is 12.9. The van der Waals surface area contributed by atoms with Crippen LogP contribution in [-0.4, -0.2) is 88.5 Å². The van der Waals surface area contributed by atoms with E-state index >= 15 is 0 Å². The van der Waals surface area contributed by atoms with Gasteiger partial charge >= 0.3 is 5.69 Å². The molecule has 1 aliphatic heterocycles. The number of amides is 1. The molecule has 6 rings (SSSR count). The van der Waals surface area contributed by atoms with Crippen LogP contribution < -0.4 is 15.7 Å². The molecule has 1 saturated heterocycles. The van der Waals surface area contributed by atoms with Crippen LogP contribution in [0.5, 0.6) is 5.75 Å². The minimum absolute atomic E-state index is 0.102. The number of Topliss-reactive ketones (excluding diaryl/α,β-unsaturated/α-hetero) is 4. The maximum absolute atomic E-state index is 14.8. The summed E-state index contributed by atoms with van der Waals surface area (Å²) in [7, 11) is 0. The Morgan fingerprint density at radius 3 is 1.91 bits per heavy atom. The third kappa shape index (κ3) is 6.85. The van der Waals surface area contributed by atoms with Crippen molar-refractivity contribution in [3.05, 3.63) is 161 Å². The number of hydrogen-bond acceptors (Lipinski definition) is 13. The lowest BCUT2D eigenvalue weighted by Gasteiger charge is -2.42. The van der Waals surface area contributed by atoms with Gasteiger partial charge in [0.15, 0.2) is 11.8 Å². The van der Waals surface area contributed by atoms with Gasteiger partial charge in [-0.2, -0.15) is 4.98 Å². The Balaban J connectivity index is 1.64. The van der Waals surface area contributed by atoms with Crippen molar-refractivity contribution < 1.29 is 53.9 Å². The van der Waals surface area contributed by atoms with E-state index in [4.69, 9.17) is 9.47 Å². The lowest BCUT2D eigenvalue weighted by Crippen LogP contribution is -2.73. The first kappa shape index (κ1) is 39.2. The summed E-state index contributed by atoms with van der Waals surface area (Å²) >= 11 is 0. The molecular formula is C41H35N3O12. The van der Waals surface area contributed by atoms with Crippen LogP contribution in [0.2, 0.25) is 0 Å². The zero-order valence-electron chi connectivity index (χ0n) is 29.6. The number of aromatic nitrogens is 2. The number of carbonyl (C=O) groups excluding carboxylic acids is 5. The molecule has 6 atom stereocenters. The fourth-order valence-corrected chi connectivity index (χ4v) is 6.62. The first-order valence-corrected chi connectivity index (χ1v) is 17.1. The van der Waals surface area contributed by atoms with E-state index in [9.17, 15) is 49.2 Å². The number of para-hydroxylation sites is 1. The molecule has 0 bridgehead atoms. The first-order valence-electron chi connectivity index (χ1n) is 17.1. The number of anilines is 1. The van der Waals surface area contributed by atoms with Gasteiger partial charge in [-0.1, -0.05) is 109 Å². The van der Waals surface area contributed by atoms with E-state index in [1.165, 1.54) is 97.1 Å². The van der Waals surface area contributed by atoms with Gasteiger partial charge in [0, 0.05) is 24.2 Å². The van der Waals surface area contributed by atoms with Gasteiger partial charge in [0.1, 0.15) is 30.4 Å². The Morgan fingerprint density at radius 1 is 0.821 bits per heavy atom. The molecule has 286 valence electrons.